The van der Waals surface area contributed by atoms with E-state index in [0.29, 0.717) is 18.3 Å². The zero-order valence-electron chi connectivity index (χ0n) is 19.4. The molecule has 3 aromatic rings. The number of pyridine rings is 3. The van der Waals surface area contributed by atoms with Crippen LogP contribution in [0.2, 0.25) is 0 Å². The Morgan fingerprint density at radius 2 is 1.85 bits per heavy atom. The van der Waals surface area contributed by atoms with Crippen molar-refractivity contribution in [3.63, 3.8) is 0 Å². The molecule has 3 aromatic heterocycles. The number of nitrogens with one attached hydrogen (secondary N) is 1. The lowest BCUT2D eigenvalue weighted by atomic mass is 10.0. The predicted molar refractivity (Wildman–Crippen MR) is 132 cm³/mol. The van der Waals surface area contributed by atoms with Crippen LogP contribution in [0.1, 0.15) is 24.1 Å². The van der Waals surface area contributed by atoms with Crippen molar-refractivity contribution in [1.82, 2.24) is 24.8 Å². The fourth-order valence-electron chi connectivity index (χ4n) is 4.20. The standard InChI is InChI=1S/C24H31N5O3.ClH/c1-17-14-25-19(12-23(17)32-3)15-26-18-6-8-28(9-7-18)10-11-29-22-13-20(31-2)16-27-21(22)4-5-24(29)30;/h4-5,12-14,16,18,26H,6-11,15H2,1-3H3;1H. The quantitative estimate of drug-likeness (QED) is 0.538. The van der Waals surface area contributed by atoms with Gasteiger partial charge in [0.1, 0.15) is 11.5 Å². The number of aryl methyl sites for hydroxylation is 1. The van der Waals surface area contributed by atoms with Gasteiger partial charge in [0.25, 0.3) is 5.56 Å². The highest BCUT2D eigenvalue weighted by Gasteiger charge is 2.19. The van der Waals surface area contributed by atoms with Crippen LogP contribution in [-0.2, 0) is 13.1 Å². The van der Waals surface area contributed by atoms with Crippen molar-refractivity contribution < 1.29 is 9.47 Å². The smallest absolute Gasteiger partial charge is 0.251 e. The predicted octanol–water partition coefficient (Wildman–Crippen LogP) is 2.79. The van der Waals surface area contributed by atoms with Crippen LogP contribution in [0.4, 0.5) is 0 Å². The normalized spacial score (nSPS) is 14.8. The van der Waals surface area contributed by atoms with Crippen LogP contribution < -0.4 is 20.3 Å². The van der Waals surface area contributed by atoms with Crippen LogP contribution in [0.25, 0.3) is 11.0 Å². The van der Waals surface area contributed by atoms with Crippen LogP contribution in [0.3, 0.4) is 0 Å². The summed E-state index contributed by atoms with van der Waals surface area (Å²) in [5.74, 6) is 1.53. The van der Waals surface area contributed by atoms with E-state index < -0.39 is 0 Å². The highest BCUT2D eigenvalue weighted by atomic mass is 35.5. The van der Waals surface area contributed by atoms with E-state index >= 15 is 0 Å². The average molecular weight is 474 g/mol. The second kappa shape index (κ2) is 11.4. The molecule has 0 spiro atoms. The Bertz CT molecular complexity index is 1130. The van der Waals surface area contributed by atoms with Crippen molar-refractivity contribution in [2.24, 2.45) is 0 Å². The van der Waals surface area contributed by atoms with Crippen LogP contribution in [0.5, 0.6) is 11.5 Å². The largest absolute Gasteiger partial charge is 0.496 e. The monoisotopic (exact) mass is 473 g/mol. The number of halogens is 1. The van der Waals surface area contributed by atoms with Crippen molar-refractivity contribution in [1.29, 1.82) is 0 Å². The summed E-state index contributed by atoms with van der Waals surface area (Å²) in [5, 5.41) is 3.63. The number of fused-ring (bicyclic) bond motifs is 1. The van der Waals surface area contributed by atoms with Gasteiger partial charge in [-0.1, -0.05) is 0 Å². The summed E-state index contributed by atoms with van der Waals surface area (Å²) in [6.45, 7) is 6.21. The van der Waals surface area contributed by atoms with E-state index in [2.05, 4.69) is 20.2 Å². The molecular weight excluding hydrogens is 442 g/mol. The Hall–Kier alpha value is -2.68. The highest BCUT2D eigenvalue weighted by molar-refractivity contribution is 5.85. The van der Waals surface area contributed by atoms with Gasteiger partial charge in [-0.25, -0.2) is 0 Å². The second-order valence-electron chi connectivity index (χ2n) is 8.24. The number of likely N-dealkylation sites (tertiary alicyclic amines) is 1. The van der Waals surface area contributed by atoms with Gasteiger partial charge in [0.15, 0.2) is 0 Å². The highest BCUT2D eigenvalue weighted by Crippen LogP contribution is 2.19. The summed E-state index contributed by atoms with van der Waals surface area (Å²) in [6.07, 6.45) is 5.68. The number of nitrogens with zero attached hydrogens (tertiary/aromatic N) is 4. The number of hydrogen-bond donors (Lipinski definition) is 1. The molecule has 33 heavy (non-hydrogen) atoms. The molecule has 0 aromatic carbocycles. The van der Waals surface area contributed by atoms with Crippen molar-refractivity contribution in [2.75, 3.05) is 33.9 Å². The molecule has 0 unspecified atom stereocenters. The maximum Gasteiger partial charge on any atom is 0.251 e. The van der Waals surface area contributed by atoms with Crippen LogP contribution >= 0.6 is 12.4 Å². The fraction of sp³-hybridized carbons (Fsp3) is 0.458. The second-order valence-corrected chi connectivity index (χ2v) is 8.24. The summed E-state index contributed by atoms with van der Waals surface area (Å²) in [6, 6.07) is 7.71. The van der Waals surface area contributed by atoms with Gasteiger partial charge in [0.2, 0.25) is 0 Å². The SMILES string of the molecule is COc1cnc2ccc(=O)n(CCN3CCC(NCc4cc(OC)c(C)cn4)CC3)c2c1.Cl. The molecule has 8 nitrogen and oxygen atoms in total. The summed E-state index contributed by atoms with van der Waals surface area (Å²) in [7, 11) is 3.30. The molecule has 1 N–H and O–H groups in total. The molecule has 1 saturated heterocycles. The first kappa shape index (κ1) is 25.0. The Kier molecular flexibility index (Phi) is 8.66. The van der Waals surface area contributed by atoms with Gasteiger partial charge < -0.3 is 24.3 Å². The molecule has 1 fully saturated rings. The number of ether oxygens (including phenoxy) is 2. The van der Waals surface area contributed by atoms with Gasteiger partial charge in [0, 0.05) is 55.6 Å². The third-order valence-corrected chi connectivity index (χ3v) is 6.18. The molecule has 1 aliphatic rings. The zero-order chi connectivity index (χ0) is 22.5. The fourth-order valence-corrected chi connectivity index (χ4v) is 4.20. The first-order valence-electron chi connectivity index (χ1n) is 11.1. The van der Waals surface area contributed by atoms with E-state index in [1.165, 1.54) is 0 Å². The zero-order valence-corrected chi connectivity index (χ0v) is 20.2. The lowest BCUT2D eigenvalue weighted by Gasteiger charge is -2.32. The van der Waals surface area contributed by atoms with Crippen LogP contribution in [0, 0.1) is 6.92 Å². The van der Waals surface area contributed by atoms with Gasteiger partial charge >= 0.3 is 0 Å². The van der Waals surface area contributed by atoms with Crippen LogP contribution in [0.15, 0.2) is 41.5 Å². The molecule has 178 valence electrons. The molecule has 9 heteroatoms. The van der Waals surface area contributed by atoms with Crippen molar-refractivity contribution >= 4 is 23.4 Å². The van der Waals surface area contributed by atoms with Crippen LogP contribution in [-0.4, -0.2) is 59.3 Å². The first-order valence-corrected chi connectivity index (χ1v) is 11.1. The molecule has 4 rings (SSSR count). The summed E-state index contributed by atoms with van der Waals surface area (Å²) in [4.78, 5) is 23.8. The molecular formula is C24H32ClN5O3. The van der Waals surface area contributed by atoms with Gasteiger partial charge in [0.05, 0.1) is 37.1 Å². The Balaban J connectivity index is 0.00000306. The van der Waals surface area contributed by atoms with E-state index in [4.69, 9.17) is 9.47 Å². The molecule has 0 aliphatic carbocycles. The van der Waals surface area contributed by atoms with Crippen molar-refractivity contribution in [2.45, 2.75) is 38.9 Å². The molecule has 0 atom stereocenters. The number of methoxy groups -OCH3 is 2. The molecule has 0 saturated carbocycles. The molecule has 1 aliphatic heterocycles. The Morgan fingerprint density at radius 1 is 1.06 bits per heavy atom. The number of hydrogen-bond acceptors (Lipinski definition) is 7. The lowest BCUT2D eigenvalue weighted by Crippen LogP contribution is -2.43. The summed E-state index contributed by atoms with van der Waals surface area (Å²) < 4.78 is 12.5. The van der Waals surface area contributed by atoms with E-state index in [1.54, 1.807) is 37.1 Å². The van der Waals surface area contributed by atoms with Crippen molar-refractivity contribution in [3.05, 3.63) is 58.3 Å². The minimum atomic E-state index is -0.00914. The van der Waals surface area contributed by atoms with Gasteiger partial charge in [-0.05, 0) is 38.9 Å². The third-order valence-electron chi connectivity index (χ3n) is 6.18. The average Bonchev–Trinajstić information content (AvgIpc) is 2.83. The Morgan fingerprint density at radius 3 is 2.58 bits per heavy atom. The third kappa shape index (κ3) is 6.01. The topological polar surface area (TPSA) is 81.5 Å². The minimum absolute atomic E-state index is 0. The minimum Gasteiger partial charge on any atom is -0.496 e. The molecule has 0 amide bonds. The molecule has 0 radical (unpaired) electrons. The summed E-state index contributed by atoms with van der Waals surface area (Å²) in [5.41, 5.74) is 3.65. The maximum atomic E-state index is 12.5. The van der Waals surface area contributed by atoms with E-state index in [1.807, 2.05) is 25.3 Å². The molecule has 4 heterocycles. The first-order chi connectivity index (χ1) is 15.6. The lowest BCUT2D eigenvalue weighted by molar-refractivity contribution is 0.191. The van der Waals surface area contributed by atoms with E-state index in [0.717, 1.165) is 67.1 Å². The van der Waals surface area contributed by atoms with E-state index in [-0.39, 0.29) is 18.0 Å². The van der Waals surface area contributed by atoms with Crippen molar-refractivity contribution in [3.8, 4) is 11.5 Å². The molecule has 0 bridgehead atoms. The Labute approximate surface area is 200 Å². The number of rotatable bonds is 8. The van der Waals surface area contributed by atoms with E-state index in [9.17, 15) is 4.79 Å². The van der Waals surface area contributed by atoms with Gasteiger partial charge in [-0.2, -0.15) is 0 Å². The number of piperidine rings is 1. The van der Waals surface area contributed by atoms with Gasteiger partial charge in [-0.15, -0.1) is 12.4 Å². The number of aromatic nitrogens is 3. The summed E-state index contributed by atoms with van der Waals surface area (Å²) >= 11 is 0. The van der Waals surface area contributed by atoms with Gasteiger partial charge in [-0.3, -0.25) is 14.8 Å². The maximum absolute atomic E-state index is 12.5.